The second kappa shape index (κ2) is 7.85. The number of hydrogen-bond acceptors (Lipinski definition) is 5. The summed E-state index contributed by atoms with van der Waals surface area (Å²) in [6, 6.07) is 11.8. The third kappa shape index (κ3) is 2.95. The van der Waals surface area contributed by atoms with Crippen molar-refractivity contribution in [2.24, 2.45) is 22.7 Å². The van der Waals surface area contributed by atoms with E-state index >= 15 is 0 Å². The molecular weight excluding hydrogens is 452 g/mol. The zero-order chi connectivity index (χ0) is 25.5. The molecule has 0 aromatic heterocycles. The van der Waals surface area contributed by atoms with Crippen LogP contribution >= 0.6 is 0 Å². The Balaban J connectivity index is 1.54. The molecule has 5 nitrogen and oxygen atoms in total. The molecule has 0 amide bonds. The van der Waals surface area contributed by atoms with Crippen molar-refractivity contribution >= 4 is 11.5 Å². The summed E-state index contributed by atoms with van der Waals surface area (Å²) in [7, 11) is 0. The Hall–Kier alpha value is -2.79. The SMILES string of the molecule is C=C1c2c(OCc3ccccc3)cc3c(c2OC24CC[C@H](O)C(C)(C)C2CC[C@H](C)[C@@]14C)COC3=O. The van der Waals surface area contributed by atoms with E-state index in [0.29, 0.717) is 36.0 Å². The standard InChI is InChI=1S/C31H36O5/c1-18-11-12-24-29(3,4)25(32)13-14-31(24)30(18,5)19(2)26-23(34-16-20-9-7-6-8-10-20)15-21-22(27(26)36-31)17-35-28(21)33/h6-10,15,18,24-25,32H,2,11-14,16-17H2,1,3-5H3/t18-,24?,25-,30-,31?/m0/s1. The molecule has 0 bridgehead atoms. The van der Waals surface area contributed by atoms with Gasteiger partial charge in [-0.3, -0.25) is 0 Å². The fourth-order valence-electron chi connectivity index (χ4n) is 7.77. The van der Waals surface area contributed by atoms with E-state index in [1.54, 1.807) is 0 Å². The van der Waals surface area contributed by atoms with Gasteiger partial charge in [-0.1, -0.05) is 64.6 Å². The van der Waals surface area contributed by atoms with Crippen LogP contribution in [-0.2, 0) is 18.0 Å². The normalized spacial score (nSPS) is 34.0. The van der Waals surface area contributed by atoms with E-state index in [2.05, 4.69) is 27.7 Å². The first kappa shape index (κ1) is 23.6. The topological polar surface area (TPSA) is 65.0 Å². The van der Waals surface area contributed by atoms with Gasteiger partial charge in [-0.25, -0.2) is 4.79 Å². The van der Waals surface area contributed by atoms with E-state index in [9.17, 15) is 9.90 Å². The Morgan fingerprint density at radius 1 is 1.14 bits per heavy atom. The third-order valence-electron chi connectivity index (χ3n) is 10.2. The van der Waals surface area contributed by atoms with Gasteiger partial charge in [-0.15, -0.1) is 0 Å². The van der Waals surface area contributed by atoms with Gasteiger partial charge in [0, 0.05) is 16.9 Å². The Morgan fingerprint density at radius 3 is 2.64 bits per heavy atom. The highest BCUT2D eigenvalue weighted by atomic mass is 16.5. The summed E-state index contributed by atoms with van der Waals surface area (Å²) in [6.45, 7) is 14.3. The molecule has 2 saturated carbocycles. The van der Waals surface area contributed by atoms with E-state index < -0.39 is 5.60 Å². The monoisotopic (exact) mass is 488 g/mol. The van der Waals surface area contributed by atoms with Gasteiger partial charge >= 0.3 is 5.97 Å². The summed E-state index contributed by atoms with van der Waals surface area (Å²) in [5.74, 6) is 1.47. The number of hydrogen-bond donors (Lipinski definition) is 1. The van der Waals surface area contributed by atoms with Crippen LogP contribution < -0.4 is 9.47 Å². The minimum Gasteiger partial charge on any atom is -0.488 e. The van der Waals surface area contributed by atoms with E-state index in [0.717, 1.165) is 41.5 Å². The van der Waals surface area contributed by atoms with Gasteiger partial charge in [0.1, 0.15) is 30.3 Å². The summed E-state index contributed by atoms with van der Waals surface area (Å²) in [5.41, 5.74) is 3.08. The predicted molar refractivity (Wildman–Crippen MR) is 138 cm³/mol. The zero-order valence-electron chi connectivity index (χ0n) is 21.7. The summed E-state index contributed by atoms with van der Waals surface area (Å²) < 4.78 is 19.1. The number of carbonyl (C=O) groups excluding carboxylic acids is 1. The molecule has 190 valence electrons. The Morgan fingerprint density at radius 2 is 1.89 bits per heavy atom. The minimum atomic E-state index is -0.519. The molecule has 0 radical (unpaired) electrons. The lowest BCUT2D eigenvalue weighted by Crippen LogP contribution is -2.69. The van der Waals surface area contributed by atoms with E-state index in [4.69, 9.17) is 20.8 Å². The molecule has 1 N–H and O–H groups in total. The predicted octanol–water partition coefficient (Wildman–Crippen LogP) is 6.31. The molecule has 2 aliphatic carbocycles. The number of ether oxygens (including phenoxy) is 3. The van der Waals surface area contributed by atoms with E-state index in [1.807, 2.05) is 36.4 Å². The van der Waals surface area contributed by atoms with Crippen molar-refractivity contribution in [3.05, 3.63) is 65.2 Å². The van der Waals surface area contributed by atoms with Crippen molar-refractivity contribution < 1.29 is 24.1 Å². The molecule has 0 saturated heterocycles. The van der Waals surface area contributed by atoms with Crippen LogP contribution in [0.4, 0.5) is 0 Å². The Bertz CT molecular complexity index is 1250. The summed E-state index contributed by atoms with van der Waals surface area (Å²) >= 11 is 0. The van der Waals surface area contributed by atoms with Gasteiger partial charge in [-0.2, -0.15) is 0 Å². The fourth-order valence-corrected chi connectivity index (χ4v) is 7.77. The highest BCUT2D eigenvalue weighted by Gasteiger charge is 2.69. The number of fused-ring (bicyclic) bond motifs is 3. The van der Waals surface area contributed by atoms with Gasteiger partial charge in [0.05, 0.1) is 17.2 Å². The van der Waals surface area contributed by atoms with Crippen molar-refractivity contribution in [1.82, 2.24) is 0 Å². The van der Waals surface area contributed by atoms with Crippen molar-refractivity contribution in [1.29, 1.82) is 0 Å². The summed E-state index contributed by atoms with van der Waals surface area (Å²) in [5, 5.41) is 11.0. The van der Waals surface area contributed by atoms with E-state index in [-0.39, 0.29) is 35.4 Å². The third-order valence-corrected chi connectivity index (χ3v) is 10.2. The molecule has 2 aromatic carbocycles. The lowest BCUT2D eigenvalue weighted by Gasteiger charge is -2.67. The van der Waals surface area contributed by atoms with Gasteiger partial charge in [0.15, 0.2) is 0 Å². The number of esters is 1. The van der Waals surface area contributed by atoms with Crippen molar-refractivity contribution in [3.8, 4) is 11.5 Å². The van der Waals surface area contributed by atoms with Crippen LogP contribution in [0, 0.1) is 22.7 Å². The molecule has 1 spiro atoms. The van der Waals surface area contributed by atoms with Crippen LogP contribution in [0.15, 0.2) is 43.0 Å². The molecule has 4 aliphatic rings. The van der Waals surface area contributed by atoms with Crippen LogP contribution in [0.2, 0.25) is 0 Å². The zero-order valence-corrected chi connectivity index (χ0v) is 21.7. The molecular formula is C31H36O5. The number of rotatable bonds is 3. The highest BCUT2D eigenvalue weighted by molar-refractivity contribution is 5.97. The fraction of sp³-hybridized carbons (Fsp3) is 0.516. The maximum Gasteiger partial charge on any atom is 0.339 e. The van der Waals surface area contributed by atoms with E-state index in [1.165, 1.54) is 0 Å². The summed E-state index contributed by atoms with van der Waals surface area (Å²) in [6.07, 6.45) is 3.09. The lowest BCUT2D eigenvalue weighted by atomic mass is 9.42. The first-order chi connectivity index (χ1) is 17.1. The minimum absolute atomic E-state index is 0.155. The average Bonchev–Trinajstić information content (AvgIpc) is 3.23. The number of cyclic esters (lactones) is 1. The van der Waals surface area contributed by atoms with Gasteiger partial charge in [0.25, 0.3) is 0 Å². The second-order valence-electron chi connectivity index (χ2n) is 12.0. The smallest absolute Gasteiger partial charge is 0.339 e. The highest BCUT2D eigenvalue weighted by Crippen LogP contribution is 2.70. The molecule has 2 aliphatic heterocycles. The molecule has 2 fully saturated rings. The van der Waals surface area contributed by atoms with Crippen LogP contribution in [0.5, 0.6) is 11.5 Å². The second-order valence-corrected chi connectivity index (χ2v) is 12.0. The van der Waals surface area contributed by atoms with Gasteiger partial charge in [-0.05, 0) is 54.2 Å². The van der Waals surface area contributed by atoms with Crippen molar-refractivity contribution in [2.75, 3.05) is 0 Å². The quantitative estimate of drug-likeness (QED) is 0.513. The maximum absolute atomic E-state index is 12.7. The molecule has 2 unspecified atom stereocenters. The lowest BCUT2D eigenvalue weighted by molar-refractivity contribution is -0.212. The molecule has 2 heterocycles. The van der Waals surface area contributed by atoms with Crippen molar-refractivity contribution in [2.45, 2.75) is 78.3 Å². The Kier molecular flexibility index (Phi) is 5.15. The molecule has 6 rings (SSSR count). The first-order valence-electron chi connectivity index (χ1n) is 13.2. The number of aliphatic hydroxyl groups is 1. The Labute approximate surface area is 213 Å². The largest absolute Gasteiger partial charge is 0.488 e. The number of aliphatic hydroxyl groups excluding tert-OH is 1. The molecule has 5 atom stereocenters. The molecule has 5 heteroatoms. The number of benzene rings is 2. The molecule has 36 heavy (non-hydrogen) atoms. The van der Waals surface area contributed by atoms with Crippen LogP contribution in [-0.4, -0.2) is 22.8 Å². The van der Waals surface area contributed by atoms with Gasteiger partial charge < -0.3 is 19.3 Å². The molecule has 2 aromatic rings. The maximum atomic E-state index is 12.7. The average molecular weight is 489 g/mol. The van der Waals surface area contributed by atoms with Crippen LogP contribution in [0.3, 0.4) is 0 Å². The van der Waals surface area contributed by atoms with Crippen LogP contribution in [0.25, 0.3) is 5.57 Å². The first-order valence-corrected chi connectivity index (χ1v) is 13.2. The van der Waals surface area contributed by atoms with Gasteiger partial charge in [0.2, 0.25) is 0 Å². The number of carbonyl (C=O) groups is 1. The summed E-state index contributed by atoms with van der Waals surface area (Å²) in [4.78, 5) is 12.7. The van der Waals surface area contributed by atoms with Crippen molar-refractivity contribution in [3.63, 3.8) is 0 Å². The van der Waals surface area contributed by atoms with Crippen LogP contribution in [0.1, 0.15) is 80.4 Å².